The molecule has 1 aliphatic rings. The second-order valence-corrected chi connectivity index (χ2v) is 4.08. The Bertz CT molecular complexity index is 199. The number of rotatable bonds is 5. The van der Waals surface area contributed by atoms with E-state index < -0.39 is 18.4 Å². The van der Waals surface area contributed by atoms with E-state index in [0.717, 1.165) is 12.8 Å². The quantitative estimate of drug-likeness (QED) is 0.715. The fraction of sp³-hybridized carbons (Fsp3) is 0.909. The van der Waals surface area contributed by atoms with Crippen molar-refractivity contribution in [3.63, 3.8) is 0 Å². The van der Waals surface area contributed by atoms with E-state index in [1.165, 1.54) is 26.2 Å². The third-order valence-electron chi connectivity index (χ3n) is 2.68. The van der Waals surface area contributed by atoms with Gasteiger partial charge in [-0.05, 0) is 26.7 Å². The molecule has 1 aliphatic carbocycles. The molecule has 0 radical (unpaired) electrons. The Labute approximate surface area is 90.6 Å². The molecule has 2 atom stereocenters. The van der Waals surface area contributed by atoms with Crippen LogP contribution in [-0.4, -0.2) is 29.6 Å². The van der Waals surface area contributed by atoms with E-state index in [9.17, 15) is 4.79 Å². The lowest BCUT2D eigenvalue weighted by Gasteiger charge is -2.26. The highest BCUT2D eigenvalue weighted by Crippen LogP contribution is 2.21. The van der Waals surface area contributed by atoms with Crippen LogP contribution in [0.25, 0.3) is 0 Å². The van der Waals surface area contributed by atoms with E-state index in [1.54, 1.807) is 6.92 Å². The van der Waals surface area contributed by atoms with Crippen LogP contribution in [0.4, 0.5) is 0 Å². The van der Waals surface area contributed by atoms with Crippen LogP contribution in [0, 0.1) is 0 Å². The third kappa shape index (κ3) is 4.62. The maximum Gasteiger partial charge on any atom is 0.332 e. The normalized spacial score (nSPS) is 22.3. The number of carbonyl (C=O) groups is 1. The van der Waals surface area contributed by atoms with E-state index in [2.05, 4.69) is 0 Å². The second kappa shape index (κ2) is 6.08. The summed E-state index contributed by atoms with van der Waals surface area (Å²) < 4.78 is 10.8. The van der Waals surface area contributed by atoms with Crippen molar-refractivity contribution in [2.45, 2.75) is 64.4 Å². The zero-order valence-electron chi connectivity index (χ0n) is 9.44. The van der Waals surface area contributed by atoms with Crippen molar-refractivity contribution in [3.05, 3.63) is 0 Å². The fourth-order valence-corrected chi connectivity index (χ4v) is 1.85. The minimum absolute atomic E-state index is 0.245. The van der Waals surface area contributed by atoms with Gasteiger partial charge in [0.25, 0.3) is 0 Å². The van der Waals surface area contributed by atoms with Crippen LogP contribution in [0.3, 0.4) is 0 Å². The summed E-state index contributed by atoms with van der Waals surface area (Å²) in [7, 11) is 0. The Morgan fingerprint density at radius 1 is 1.27 bits per heavy atom. The first-order chi connectivity index (χ1) is 7.09. The monoisotopic (exact) mass is 216 g/mol. The van der Waals surface area contributed by atoms with Gasteiger partial charge in [0, 0.05) is 0 Å². The van der Waals surface area contributed by atoms with Crippen LogP contribution in [0.5, 0.6) is 0 Å². The summed E-state index contributed by atoms with van der Waals surface area (Å²) in [5.41, 5.74) is 0. The molecule has 0 spiro atoms. The summed E-state index contributed by atoms with van der Waals surface area (Å²) in [6.07, 6.45) is 4.82. The van der Waals surface area contributed by atoms with E-state index >= 15 is 0 Å². The lowest BCUT2D eigenvalue weighted by Crippen LogP contribution is -2.30. The van der Waals surface area contributed by atoms with Crippen molar-refractivity contribution in [1.29, 1.82) is 0 Å². The van der Waals surface area contributed by atoms with E-state index in [1.807, 2.05) is 0 Å². The number of carboxylic acid groups (broad SMARTS) is 1. The number of hydrogen-bond acceptors (Lipinski definition) is 3. The van der Waals surface area contributed by atoms with Gasteiger partial charge in [0.15, 0.2) is 12.4 Å². The summed E-state index contributed by atoms with van der Waals surface area (Å²) in [5.74, 6) is -0.950. The standard InChI is InChI=1S/C11H20O4/c1-8(11(12)13)14-9(2)15-10-6-4-3-5-7-10/h8-10H,3-7H2,1-2H3,(H,12,13)/t8-,9?/m1/s1. The largest absolute Gasteiger partial charge is 0.479 e. The molecule has 1 saturated carbocycles. The molecule has 15 heavy (non-hydrogen) atoms. The lowest BCUT2D eigenvalue weighted by molar-refractivity contribution is -0.198. The van der Waals surface area contributed by atoms with Gasteiger partial charge in [0.2, 0.25) is 0 Å². The summed E-state index contributed by atoms with van der Waals surface area (Å²) in [4.78, 5) is 10.5. The lowest BCUT2D eigenvalue weighted by atomic mass is 9.98. The average molecular weight is 216 g/mol. The van der Waals surface area contributed by atoms with Crippen LogP contribution < -0.4 is 0 Å². The first-order valence-electron chi connectivity index (χ1n) is 5.63. The molecule has 0 saturated heterocycles. The van der Waals surface area contributed by atoms with Gasteiger partial charge in [-0.3, -0.25) is 0 Å². The highest BCUT2D eigenvalue weighted by Gasteiger charge is 2.20. The van der Waals surface area contributed by atoms with Gasteiger partial charge in [-0.2, -0.15) is 0 Å². The average Bonchev–Trinajstić information content (AvgIpc) is 2.18. The first kappa shape index (κ1) is 12.5. The Kier molecular flexibility index (Phi) is 5.05. The van der Waals surface area contributed by atoms with Crippen LogP contribution in [0.1, 0.15) is 46.0 Å². The maximum atomic E-state index is 10.5. The van der Waals surface area contributed by atoms with E-state index in [0.29, 0.717) is 0 Å². The first-order valence-corrected chi connectivity index (χ1v) is 5.63. The molecule has 4 heteroatoms. The van der Waals surface area contributed by atoms with E-state index in [4.69, 9.17) is 14.6 Å². The van der Waals surface area contributed by atoms with Crippen LogP contribution in [0.15, 0.2) is 0 Å². The topological polar surface area (TPSA) is 55.8 Å². The number of aliphatic carboxylic acids is 1. The number of ether oxygens (including phenoxy) is 2. The molecule has 0 aromatic heterocycles. The minimum atomic E-state index is -0.950. The molecule has 0 aromatic rings. The smallest absolute Gasteiger partial charge is 0.332 e. The molecule has 1 rings (SSSR count). The minimum Gasteiger partial charge on any atom is -0.479 e. The van der Waals surface area contributed by atoms with Crippen LogP contribution in [-0.2, 0) is 14.3 Å². The van der Waals surface area contributed by atoms with Crippen molar-refractivity contribution in [3.8, 4) is 0 Å². The van der Waals surface area contributed by atoms with Crippen molar-refractivity contribution >= 4 is 5.97 Å². The molecule has 0 bridgehead atoms. The van der Waals surface area contributed by atoms with Gasteiger partial charge in [0.1, 0.15) is 0 Å². The molecule has 1 N–H and O–H groups in total. The van der Waals surface area contributed by atoms with Gasteiger partial charge < -0.3 is 14.6 Å². The van der Waals surface area contributed by atoms with Gasteiger partial charge in [-0.15, -0.1) is 0 Å². The van der Waals surface area contributed by atoms with E-state index in [-0.39, 0.29) is 6.10 Å². The molecule has 1 unspecified atom stereocenters. The van der Waals surface area contributed by atoms with Crippen molar-refractivity contribution in [2.24, 2.45) is 0 Å². The molecule has 1 fully saturated rings. The Balaban J connectivity index is 2.22. The summed E-state index contributed by atoms with van der Waals surface area (Å²) in [5, 5.41) is 8.66. The zero-order chi connectivity index (χ0) is 11.3. The Morgan fingerprint density at radius 2 is 1.87 bits per heavy atom. The highest BCUT2D eigenvalue weighted by molar-refractivity contribution is 5.71. The summed E-state index contributed by atoms with van der Waals surface area (Å²) in [6.45, 7) is 3.27. The molecule has 88 valence electrons. The Hall–Kier alpha value is -0.610. The third-order valence-corrected chi connectivity index (χ3v) is 2.68. The number of hydrogen-bond donors (Lipinski definition) is 1. The number of carboxylic acids is 1. The van der Waals surface area contributed by atoms with Crippen LogP contribution in [0.2, 0.25) is 0 Å². The molecular weight excluding hydrogens is 196 g/mol. The Morgan fingerprint density at radius 3 is 2.40 bits per heavy atom. The maximum absolute atomic E-state index is 10.5. The van der Waals surface area contributed by atoms with Crippen molar-refractivity contribution in [1.82, 2.24) is 0 Å². The fourth-order valence-electron chi connectivity index (χ4n) is 1.85. The highest BCUT2D eigenvalue weighted by atomic mass is 16.7. The van der Waals surface area contributed by atoms with Crippen LogP contribution >= 0.6 is 0 Å². The molecule has 4 nitrogen and oxygen atoms in total. The zero-order valence-corrected chi connectivity index (χ0v) is 9.44. The van der Waals surface area contributed by atoms with Gasteiger partial charge in [-0.25, -0.2) is 4.79 Å². The summed E-state index contributed by atoms with van der Waals surface area (Å²) in [6, 6.07) is 0. The molecule has 0 heterocycles. The van der Waals surface area contributed by atoms with Gasteiger partial charge >= 0.3 is 5.97 Å². The van der Waals surface area contributed by atoms with Gasteiger partial charge in [-0.1, -0.05) is 19.3 Å². The van der Waals surface area contributed by atoms with Crippen molar-refractivity contribution in [2.75, 3.05) is 0 Å². The predicted molar refractivity (Wildman–Crippen MR) is 55.6 cm³/mol. The molecule has 0 amide bonds. The molecular formula is C11H20O4. The predicted octanol–water partition coefficient (Wildman–Crippen LogP) is 2.17. The van der Waals surface area contributed by atoms with Gasteiger partial charge in [0.05, 0.1) is 6.10 Å². The summed E-state index contributed by atoms with van der Waals surface area (Å²) >= 11 is 0. The SMILES string of the molecule is CC(OC1CCCCC1)O[C@H](C)C(=O)O. The molecule has 0 aromatic carbocycles. The van der Waals surface area contributed by atoms with Crippen molar-refractivity contribution < 1.29 is 19.4 Å². The molecule has 0 aliphatic heterocycles. The second-order valence-electron chi connectivity index (χ2n) is 4.08.